The van der Waals surface area contributed by atoms with Crippen LogP contribution in [0.25, 0.3) is 0 Å². The number of fused-ring (bicyclic) bond motifs is 2. The van der Waals surface area contributed by atoms with Crippen LogP contribution in [0.15, 0.2) is 0 Å². The van der Waals surface area contributed by atoms with Gasteiger partial charge in [0.2, 0.25) is 0 Å². The lowest BCUT2D eigenvalue weighted by Gasteiger charge is -2.38. The molecule has 1 N–H and O–H groups in total. The van der Waals surface area contributed by atoms with Crippen molar-refractivity contribution in [3.8, 4) is 0 Å². The lowest BCUT2D eigenvalue weighted by Crippen LogP contribution is -2.44. The molecule has 110 valence electrons. The van der Waals surface area contributed by atoms with Crippen molar-refractivity contribution in [2.24, 2.45) is 5.92 Å². The number of piperidine rings is 1. The van der Waals surface area contributed by atoms with Gasteiger partial charge in [0, 0.05) is 31.7 Å². The summed E-state index contributed by atoms with van der Waals surface area (Å²) in [5.41, 5.74) is 0. The van der Waals surface area contributed by atoms with Gasteiger partial charge in [0.25, 0.3) is 0 Å². The van der Waals surface area contributed by atoms with Crippen molar-refractivity contribution in [3.63, 3.8) is 0 Å². The van der Waals surface area contributed by atoms with Gasteiger partial charge < -0.3 is 9.84 Å². The molecule has 2 atom stereocenters. The maximum absolute atomic E-state index is 10.8. The second-order valence-corrected chi connectivity index (χ2v) is 6.02. The average Bonchev–Trinajstić information content (AvgIpc) is 2.59. The van der Waals surface area contributed by atoms with Gasteiger partial charge in [-0.05, 0) is 38.0 Å². The first kappa shape index (κ1) is 14.8. The molecule has 0 amide bonds. The predicted octanol–water partition coefficient (Wildman–Crippen LogP) is 2.52. The maximum Gasteiger partial charge on any atom is 0.303 e. The van der Waals surface area contributed by atoms with E-state index in [4.69, 9.17) is 9.84 Å². The highest BCUT2D eigenvalue weighted by molar-refractivity contribution is 5.67. The predicted molar refractivity (Wildman–Crippen MR) is 74.2 cm³/mol. The molecule has 2 rings (SSSR count). The Hall–Kier alpha value is -0.610. The number of nitrogens with zero attached hydrogens (tertiary/aromatic N) is 1. The molecule has 2 aliphatic heterocycles. The van der Waals surface area contributed by atoms with E-state index in [0.717, 1.165) is 39.0 Å². The van der Waals surface area contributed by atoms with E-state index in [2.05, 4.69) is 11.8 Å². The van der Waals surface area contributed by atoms with E-state index in [1.807, 2.05) is 0 Å². The standard InChI is InChI=1S/C15H27NO3/c1-2-3-7-19-8-6-16-13-4-5-14(16)10-12(9-13)11-15(17)18/h12-14H,2-11H2,1H3,(H,17,18). The minimum absolute atomic E-state index is 0.355. The molecule has 0 aromatic rings. The molecule has 4 heteroatoms. The van der Waals surface area contributed by atoms with Crippen molar-refractivity contribution >= 4 is 5.97 Å². The van der Waals surface area contributed by atoms with Crippen molar-refractivity contribution < 1.29 is 14.6 Å². The fourth-order valence-electron chi connectivity index (χ4n) is 3.68. The zero-order valence-electron chi connectivity index (χ0n) is 12.0. The van der Waals surface area contributed by atoms with E-state index in [1.54, 1.807) is 0 Å². The summed E-state index contributed by atoms with van der Waals surface area (Å²) in [6.45, 7) is 4.91. The van der Waals surface area contributed by atoms with Gasteiger partial charge in [-0.1, -0.05) is 13.3 Å². The summed E-state index contributed by atoms with van der Waals surface area (Å²) in [6, 6.07) is 1.22. The summed E-state index contributed by atoms with van der Waals surface area (Å²) in [7, 11) is 0. The Bertz CT molecular complexity index is 281. The Balaban J connectivity index is 1.71. The summed E-state index contributed by atoms with van der Waals surface area (Å²) >= 11 is 0. The number of carboxylic acid groups (broad SMARTS) is 1. The molecule has 2 saturated heterocycles. The van der Waals surface area contributed by atoms with Crippen LogP contribution in [-0.2, 0) is 9.53 Å². The summed E-state index contributed by atoms with van der Waals surface area (Å²) in [6.07, 6.45) is 7.31. The Morgan fingerprint density at radius 2 is 1.95 bits per heavy atom. The Morgan fingerprint density at radius 3 is 2.53 bits per heavy atom. The number of hydrogen-bond donors (Lipinski definition) is 1. The third-order valence-corrected chi connectivity index (χ3v) is 4.58. The van der Waals surface area contributed by atoms with E-state index in [9.17, 15) is 4.79 Å². The topological polar surface area (TPSA) is 49.8 Å². The lowest BCUT2D eigenvalue weighted by atomic mass is 9.88. The van der Waals surface area contributed by atoms with Crippen LogP contribution < -0.4 is 0 Å². The molecule has 0 aromatic heterocycles. The molecule has 2 heterocycles. The first-order valence-electron chi connectivity index (χ1n) is 7.76. The van der Waals surface area contributed by atoms with Crippen molar-refractivity contribution in [1.29, 1.82) is 0 Å². The van der Waals surface area contributed by atoms with Crippen LogP contribution in [0.5, 0.6) is 0 Å². The van der Waals surface area contributed by atoms with Crippen LogP contribution in [0.1, 0.15) is 51.9 Å². The van der Waals surface area contributed by atoms with Gasteiger partial charge in [-0.3, -0.25) is 9.69 Å². The molecule has 2 fully saturated rings. The van der Waals surface area contributed by atoms with Crippen LogP contribution in [0.2, 0.25) is 0 Å². The zero-order chi connectivity index (χ0) is 13.7. The quantitative estimate of drug-likeness (QED) is 0.688. The van der Waals surface area contributed by atoms with Gasteiger partial charge >= 0.3 is 5.97 Å². The lowest BCUT2D eigenvalue weighted by molar-refractivity contribution is -0.138. The zero-order valence-corrected chi connectivity index (χ0v) is 12.0. The van der Waals surface area contributed by atoms with Crippen LogP contribution in [-0.4, -0.2) is 47.8 Å². The summed E-state index contributed by atoms with van der Waals surface area (Å²) in [5, 5.41) is 8.91. The first-order chi connectivity index (χ1) is 9.20. The minimum Gasteiger partial charge on any atom is -0.481 e. The number of hydrogen-bond acceptors (Lipinski definition) is 3. The molecule has 19 heavy (non-hydrogen) atoms. The van der Waals surface area contributed by atoms with Gasteiger partial charge in [0.15, 0.2) is 0 Å². The largest absolute Gasteiger partial charge is 0.481 e. The maximum atomic E-state index is 10.8. The number of carbonyl (C=O) groups is 1. The summed E-state index contributed by atoms with van der Waals surface area (Å²) < 4.78 is 5.66. The second-order valence-electron chi connectivity index (χ2n) is 6.02. The molecular weight excluding hydrogens is 242 g/mol. The number of aliphatic carboxylic acids is 1. The summed E-state index contributed by atoms with van der Waals surface area (Å²) in [5.74, 6) is -0.243. The van der Waals surface area contributed by atoms with Crippen LogP contribution in [0, 0.1) is 5.92 Å². The third kappa shape index (κ3) is 4.18. The molecular formula is C15H27NO3. The molecule has 2 aliphatic rings. The molecule has 0 radical (unpaired) electrons. The Labute approximate surface area is 116 Å². The van der Waals surface area contributed by atoms with E-state index in [1.165, 1.54) is 19.3 Å². The van der Waals surface area contributed by atoms with E-state index < -0.39 is 5.97 Å². The highest BCUT2D eigenvalue weighted by Gasteiger charge is 2.40. The number of ether oxygens (including phenoxy) is 1. The van der Waals surface area contributed by atoms with E-state index in [0.29, 0.717) is 24.4 Å². The number of unbranched alkanes of at least 4 members (excludes halogenated alkanes) is 1. The molecule has 2 unspecified atom stereocenters. The fraction of sp³-hybridized carbons (Fsp3) is 0.933. The Kier molecular flexibility index (Phi) is 5.64. The van der Waals surface area contributed by atoms with Gasteiger partial charge in [-0.15, -0.1) is 0 Å². The molecule has 0 aliphatic carbocycles. The van der Waals surface area contributed by atoms with Crippen LogP contribution in [0.4, 0.5) is 0 Å². The van der Waals surface area contributed by atoms with E-state index >= 15 is 0 Å². The molecule has 0 saturated carbocycles. The van der Waals surface area contributed by atoms with Crippen molar-refractivity contribution in [2.45, 2.75) is 64.0 Å². The van der Waals surface area contributed by atoms with Gasteiger partial charge in [0.1, 0.15) is 0 Å². The van der Waals surface area contributed by atoms with Gasteiger partial charge in [-0.25, -0.2) is 0 Å². The highest BCUT2D eigenvalue weighted by atomic mass is 16.5. The smallest absolute Gasteiger partial charge is 0.303 e. The molecule has 4 nitrogen and oxygen atoms in total. The fourth-order valence-corrected chi connectivity index (χ4v) is 3.68. The molecule has 2 bridgehead atoms. The van der Waals surface area contributed by atoms with Crippen LogP contribution >= 0.6 is 0 Å². The SMILES string of the molecule is CCCCOCCN1C2CCC1CC(CC(=O)O)C2. The second kappa shape index (κ2) is 7.25. The first-order valence-corrected chi connectivity index (χ1v) is 7.76. The van der Waals surface area contributed by atoms with Crippen molar-refractivity contribution in [2.75, 3.05) is 19.8 Å². The van der Waals surface area contributed by atoms with Crippen molar-refractivity contribution in [1.82, 2.24) is 4.90 Å². The monoisotopic (exact) mass is 269 g/mol. The summed E-state index contributed by atoms with van der Waals surface area (Å²) in [4.78, 5) is 13.4. The van der Waals surface area contributed by atoms with Gasteiger partial charge in [0.05, 0.1) is 6.61 Å². The molecule has 0 aromatic carbocycles. The van der Waals surface area contributed by atoms with Crippen LogP contribution in [0.3, 0.4) is 0 Å². The van der Waals surface area contributed by atoms with Gasteiger partial charge in [-0.2, -0.15) is 0 Å². The Morgan fingerprint density at radius 1 is 1.26 bits per heavy atom. The molecule has 0 spiro atoms. The number of carboxylic acids is 1. The number of rotatable bonds is 8. The average molecular weight is 269 g/mol. The third-order valence-electron chi connectivity index (χ3n) is 4.58. The highest BCUT2D eigenvalue weighted by Crippen LogP contribution is 2.39. The van der Waals surface area contributed by atoms with Crippen molar-refractivity contribution in [3.05, 3.63) is 0 Å². The normalized spacial score (nSPS) is 30.7. The van der Waals surface area contributed by atoms with E-state index in [-0.39, 0.29) is 0 Å². The minimum atomic E-state index is -0.638.